The van der Waals surface area contributed by atoms with Crippen LogP contribution in [0, 0.1) is 11.3 Å². The third-order valence-electron chi connectivity index (χ3n) is 3.68. The van der Waals surface area contributed by atoms with Crippen molar-refractivity contribution in [2.75, 3.05) is 19.3 Å². The van der Waals surface area contributed by atoms with Gasteiger partial charge in [0.05, 0.1) is 4.88 Å². The molecule has 0 atom stereocenters. The SMILES string of the molecule is CSc1noc(-c2ccc(S(=O)(=O)N3CCCCC3)s2)c1C#N. The van der Waals surface area contributed by atoms with E-state index in [-0.39, 0.29) is 4.21 Å². The van der Waals surface area contributed by atoms with E-state index in [4.69, 9.17) is 4.52 Å². The fraction of sp³-hybridized carbons (Fsp3) is 0.429. The van der Waals surface area contributed by atoms with Crippen molar-refractivity contribution >= 4 is 33.1 Å². The lowest BCUT2D eigenvalue weighted by atomic mass is 10.2. The molecule has 1 aliphatic heterocycles. The van der Waals surface area contributed by atoms with Gasteiger partial charge in [-0.2, -0.15) is 9.57 Å². The largest absolute Gasteiger partial charge is 0.353 e. The molecule has 23 heavy (non-hydrogen) atoms. The number of hydrogen-bond donors (Lipinski definition) is 0. The van der Waals surface area contributed by atoms with Gasteiger partial charge in [0.25, 0.3) is 10.0 Å². The van der Waals surface area contributed by atoms with Crippen LogP contribution in [0.4, 0.5) is 0 Å². The van der Waals surface area contributed by atoms with Gasteiger partial charge in [0.2, 0.25) is 0 Å². The molecule has 2 aromatic heterocycles. The molecule has 0 saturated carbocycles. The van der Waals surface area contributed by atoms with Crippen LogP contribution < -0.4 is 0 Å². The number of piperidine rings is 1. The van der Waals surface area contributed by atoms with Crippen molar-refractivity contribution in [3.63, 3.8) is 0 Å². The first-order valence-corrected chi connectivity index (χ1v) is 10.6. The predicted octanol–water partition coefficient (Wildman–Crippen LogP) is 3.17. The zero-order valence-electron chi connectivity index (χ0n) is 12.5. The summed E-state index contributed by atoms with van der Waals surface area (Å²) in [7, 11) is -3.47. The number of thioether (sulfide) groups is 1. The second-order valence-corrected chi connectivity index (χ2v) is 9.13. The molecular formula is C14H15N3O3S3. The van der Waals surface area contributed by atoms with Crippen LogP contribution in [-0.4, -0.2) is 37.2 Å². The number of sulfonamides is 1. The summed E-state index contributed by atoms with van der Waals surface area (Å²) in [6, 6.07) is 5.32. The molecular weight excluding hydrogens is 354 g/mol. The molecule has 0 bridgehead atoms. The lowest BCUT2D eigenvalue weighted by Crippen LogP contribution is -2.35. The summed E-state index contributed by atoms with van der Waals surface area (Å²) in [6.07, 6.45) is 4.68. The first kappa shape index (κ1) is 16.5. The Morgan fingerprint density at radius 1 is 1.35 bits per heavy atom. The summed E-state index contributed by atoms with van der Waals surface area (Å²) in [6.45, 7) is 1.13. The molecule has 0 unspecified atom stereocenters. The summed E-state index contributed by atoms with van der Waals surface area (Å²) >= 11 is 2.44. The molecule has 0 amide bonds. The van der Waals surface area contributed by atoms with Gasteiger partial charge in [0.1, 0.15) is 15.8 Å². The lowest BCUT2D eigenvalue weighted by Gasteiger charge is -2.25. The molecule has 3 heterocycles. The maximum absolute atomic E-state index is 12.7. The van der Waals surface area contributed by atoms with E-state index < -0.39 is 10.0 Å². The highest BCUT2D eigenvalue weighted by atomic mass is 32.2. The highest BCUT2D eigenvalue weighted by Crippen LogP contribution is 2.37. The molecule has 0 spiro atoms. The maximum Gasteiger partial charge on any atom is 0.252 e. The molecule has 1 aliphatic rings. The third kappa shape index (κ3) is 3.04. The van der Waals surface area contributed by atoms with Gasteiger partial charge in [-0.05, 0) is 31.2 Å². The highest BCUT2D eigenvalue weighted by Gasteiger charge is 2.28. The average Bonchev–Trinajstić information content (AvgIpc) is 3.21. The Morgan fingerprint density at radius 2 is 2.09 bits per heavy atom. The summed E-state index contributed by atoms with van der Waals surface area (Å²) in [4.78, 5) is 0.602. The van der Waals surface area contributed by atoms with Crippen LogP contribution in [0.5, 0.6) is 0 Å². The zero-order chi connectivity index (χ0) is 16.4. The molecule has 1 fully saturated rings. The second kappa shape index (κ2) is 6.65. The fourth-order valence-electron chi connectivity index (χ4n) is 2.49. The molecule has 2 aromatic rings. The number of nitrogens with zero attached hydrogens (tertiary/aromatic N) is 3. The molecule has 0 aromatic carbocycles. The molecule has 6 nitrogen and oxygen atoms in total. The van der Waals surface area contributed by atoms with Crippen molar-refractivity contribution in [3.05, 3.63) is 17.7 Å². The van der Waals surface area contributed by atoms with Gasteiger partial charge in [-0.1, -0.05) is 11.6 Å². The van der Waals surface area contributed by atoms with E-state index in [1.807, 2.05) is 6.26 Å². The molecule has 3 rings (SSSR count). The van der Waals surface area contributed by atoms with Crippen molar-refractivity contribution in [3.8, 4) is 16.7 Å². The van der Waals surface area contributed by atoms with E-state index >= 15 is 0 Å². The summed E-state index contributed by atoms with van der Waals surface area (Å²) < 4.78 is 32.4. The number of thiophene rings is 1. The molecule has 0 N–H and O–H groups in total. The molecule has 1 saturated heterocycles. The van der Waals surface area contributed by atoms with Crippen molar-refractivity contribution in [2.45, 2.75) is 28.5 Å². The van der Waals surface area contributed by atoms with Gasteiger partial charge < -0.3 is 4.52 Å². The molecule has 0 aliphatic carbocycles. The van der Waals surface area contributed by atoms with Crippen LogP contribution in [0.1, 0.15) is 24.8 Å². The van der Waals surface area contributed by atoms with Crippen LogP contribution in [0.3, 0.4) is 0 Å². The topological polar surface area (TPSA) is 87.2 Å². The first-order valence-electron chi connectivity index (χ1n) is 7.12. The van der Waals surface area contributed by atoms with Gasteiger partial charge in [-0.3, -0.25) is 0 Å². The van der Waals surface area contributed by atoms with Crippen LogP contribution in [0.15, 0.2) is 25.9 Å². The number of rotatable bonds is 4. The number of aromatic nitrogens is 1. The summed E-state index contributed by atoms with van der Waals surface area (Å²) in [5, 5.41) is 13.6. The van der Waals surface area contributed by atoms with Gasteiger partial charge in [-0.25, -0.2) is 8.42 Å². The zero-order valence-corrected chi connectivity index (χ0v) is 14.9. The Morgan fingerprint density at radius 3 is 2.74 bits per heavy atom. The quantitative estimate of drug-likeness (QED) is 0.769. The third-order valence-corrected chi connectivity index (χ3v) is 7.80. The van der Waals surface area contributed by atoms with Gasteiger partial charge in [0, 0.05) is 13.1 Å². The van der Waals surface area contributed by atoms with Crippen LogP contribution in [-0.2, 0) is 10.0 Å². The Labute approximate surface area is 143 Å². The Bertz CT molecular complexity index is 842. The van der Waals surface area contributed by atoms with E-state index in [1.54, 1.807) is 12.1 Å². The second-order valence-electron chi connectivity index (χ2n) is 5.09. The van der Waals surface area contributed by atoms with Gasteiger partial charge >= 0.3 is 0 Å². The Balaban J connectivity index is 1.95. The van der Waals surface area contributed by atoms with Crippen molar-refractivity contribution in [1.82, 2.24) is 9.46 Å². The van der Waals surface area contributed by atoms with E-state index in [0.29, 0.717) is 34.3 Å². The minimum absolute atomic E-state index is 0.278. The van der Waals surface area contributed by atoms with Crippen molar-refractivity contribution in [2.24, 2.45) is 0 Å². The standard InChI is InChI=1S/C14H15N3O3S3/c1-21-14-10(9-15)13(20-16-14)11-5-6-12(22-11)23(18,19)17-7-3-2-4-8-17/h5-6H,2-4,7-8H2,1H3. The Kier molecular flexibility index (Phi) is 4.77. The Hall–Kier alpha value is -1.34. The molecule has 122 valence electrons. The first-order chi connectivity index (χ1) is 11.1. The van der Waals surface area contributed by atoms with E-state index in [9.17, 15) is 13.7 Å². The summed E-state index contributed by atoms with van der Waals surface area (Å²) in [5.74, 6) is 0.335. The van der Waals surface area contributed by atoms with Crippen LogP contribution in [0.25, 0.3) is 10.6 Å². The minimum atomic E-state index is -3.47. The minimum Gasteiger partial charge on any atom is -0.353 e. The van der Waals surface area contributed by atoms with Crippen LogP contribution in [0.2, 0.25) is 0 Å². The average molecular weight is 369 g/mol. The van der Waals surface area contributed by atoms with E-state index in [2.05, 4.69) is 11.2 Å². The van der Waals surface area contributed by atoms with Gasteiger partial charge in [0.15, 0.2) is 10.8 Å². The van der Waals surface area contributed by atoms with Crippen LogP contribution >= 0.6 is 23.1 Å². The normalized spacial score (nSPS) is 16.3. The van der Waals surface area contributed by atoms with Crippen molar-refractivity contribution in [1.29, 1.82) is 5.26 Å². The lowest BCUT2D eigenvalue weighted by molar-refractivity contribution is 0.347. The predicted molar refractivity (Wildman–Crippen MR) is 88.9 cm³/mol. The van der Waals surface area contributed by atoms with Crippen molar-refractivity contribution < 1.29 is 12.9 Å². The molecule has 9 heteroatoms. The fourth-order valence-corrected chi connectivity index (χ4v) is 5.91. The number of nitriles is 1. The van der Waals surface area contributed by atoms with E-state index in [1.165, 1.54) is 16.1 Å². The van der Waals surface area contributed by atoms with E-state index in [0.717, 1.165) is 30.6 Å². The molecule has 0 radical (unpaired) electrons. The maximum atomic E-state index is 12.7. The highest BCUT2D eigenvalue weighted by molar-refractivity contribution is 7.98. The monoisotopic (exact) mass is 369 g/mol. The summed E-state index contributed by atoms with van der Waals surface area (Å²) in [5.41, 5.74) is 0.348. The number of hydrogen-bond acceptors (Lipinski definition) is 7. The smallest absolute Gasteiger partial charge is 0.252 e. The van der Waals surface area contributed by atoms with Gasteiger partial charge in [-0.15, -0.1) is 23.1 Å².